The summed E-state index contributed by atoms with van der Waals surface area (Å²) in [5, 5.41) is 3.70. The molecule has 0 saturated carbocycles. The summed E-state index contributed by atoms with van der Waals surface area (Å²) in [6, 6.07) is 6.04. The first-order valence-electron chi connectivity index (χ1n) is 5.97. The van der Waals surface area contributed by atoms with Crippen molar-refractivity contribution < 1.29 is 9.18 Å². The third-order valence-electron chi connectivity index (χ3n) is 2.87. The van der Waals surface area contributed by atoms with E-state index in [0.29, 0.717) is 0 Å². The number of carbonyl (C=O) groups is 1. The third kappa shape index (κ3) is 4.09. The molecule has 1 amide bonds. The van der Waals surface area contributed by atoms with Crippen molar-refractivity contribution in [2.45, 2.75) is 33.2 Å². The van der Waals surface area contributed by atoms with Gasteiger partial charge < -0.3 is 5.32 Å². The van der Waals surface area contributed by atoms with Gasteiger partial charge in [-0.15, -0.1) is 0 Å². The second-order valence-corrected chi connectivity index (χ2v) is 6.14. The second kappa shape index (κ2) is 6.32. The smallest absolute Gasteiger partial charge is 0.254 e. The Bertz CT molecular complexity index is 415. The molecule has 0 bridgehead atoms. The molecule has 1 aromatic rings. The first-order chi connectivity index (χ1) is 8.36. The van der Waals surface area contributed by atoms with Gasteiger partial charge in [0.15, 0.2) is 0 Å². The SMILES string of the molecule is CC(C)(C)C(CCBr)NC(=O)c1ccccc1F. The van der Waals surface area contributed by atoms with E-state index in [4.69, 9.17) is 0 Å². The van der Waals surface area contributed by atoms with Crippen LogP contribution in [0.15, 0.2) is 24.3 Å². The van der Waals surface area contributed by atoms with Crippen LogP contribution >= 0.6 is 15.9 Å². The molecule has 1 unspecified atom stereocenters. The van der Waals surface area contributed by atoms with Gasteiger partial charge >= 0.3 is 0 Å². The Morgan fingerprint density at radius 3 is 2.50 bits per heavy atom. The zero-order valence-corrected chi connectivity index (χ0v) is 12.6. The van der Waals surface area contributed by atoms with Crippen molar-refractivity contribution in [3.8, 4) is 0 Å². The lowest BCUT2D eigenvalue weighted by Gasteiger charge is -2.31. The van der Waals surface area contributed by atoms with Crippen molar-refractivity contribution in [1.29, 1.82) is 0 Å². The number of alkyl halides is 1. The van der Waals surface area contributed by atoms with Gasteiger partial charge in [-0.05, 0) is 24.0 Å². The average molecular weight is 316 g/mol. The zero-order chi connectivity index (χ0) is 13.8. The summed E-state index contributed by atoms with van der Waals surface area (Å²) < 4.78 is 13.5. The van der Waals surface area contributed by atoms with Gasteiger partial charge in [-0.3, -0.25) is 4.79 Å². The Hall–Kier alpha value is -0.900. The van der Waals surface area contributed by atoms with E-state index in [1.807, 2.05) is 0 Å². The molecule has 0 aliphatic rings. The highest BCUT2D eigenvalue weighted by Gasteiger charge is 2.26. The van der Waals surface area contributed by atoms with Crippen molar-refractivity contribution in [2.75, 3.05) is 5.33 Å². The second-order valence-electron chi connectivity index (χ2n) is 5.35. The summed E-state index contributed by atoms with van der Waals surface area (Å²) in [6.45, 7) is 6.17. The highest BCUT2D eigenvalue weighted by Crippen LogP contribution is 2.23. The van der Waals surface area contributed by atoms with Crippen molar-refractivity contribution in [3.05, 3.63) is 35.6 Å². The lowest BCUT2D eigenvalue weighted by molar-refractivity contribution is 0.0896. The predicted molar refractivity (Wildman–Crippen MR) is 75.5 cm³/mol. The third-order valence-corrected chi connectivity index (χ3v) is 3.32. The molecule has 100 valence electrons. The summed E-state index contributed by atoms with van der Waals surface area (Å²) in [5.74, 6) is -0.838. The summed E-state index contributed by atoms with van der Waals surface area (Å²) in [6.07, 6.45) is 0.809. The number of amides is 1. The van der Waals surface area contributed by atoms with Crippen LogP contribution in [0.4, 0.5) is 4.39 Å². The van der Waals surface area contributed by atoms with Gasteiger partial charge in [0, 0.05) is 11.4 Å². The number of hydrogen-bond acceptors (Lipinski definition) is 1. The number of carbonyl (C=O) groups excluding carboxylic acids is 1. The molecule has 0 aliphatic carbocycles. The van der Waals surface area contributed by atoms with Crippen molar-refractivity contribution in [3.63, 3.8) is 0 Å². The van der Waals surface area contributed by atoms with Crippen LogP contribution in [0, 0.1) is 11.2 Å². The Morgan fingerprint density at radius 1 is 1.39 bits per heavy atom. The molecule has 18 heavy (non-hydrogen) atoms. The Balaban J connectivity index is 2.82. The molecule has 1 rings (SSSR count). The van der Waals surface area contributed by atoms with Gasteiger partial charge in [-0.25, -0.2) is 4.39 Å². The number of benzene rings is 1. The van der Waals surface area contributed by atoms with Gasteiger partial charge in [0.2, 0.25) is 0 Å². The fourth-order valence-corrected chi connectivity index (χ4v) is 2.17. The highest BCUT2D eigenvalue weighted by molar-refractivity contribution is 9.09. The molecular formula is C14H19BrFNO. The summed E-state index contributed by atoms with van der Waals surface area (Å²) >= 11 is 3.38. The molecule has 4 heteroatoms. The largest absolute Gasteiger partial charge is 0.349 e. The van der Waals surface area contributed by atoms with E-state index in [2.05, 4.69) is 42.0 Å². The van der Waals surface area contributed by atoms with Crippen LogP contribution in [0.2, 0.25) is 0 Å². The van der Waals surface area contributed by atoms with Crippen LogP contribution in [-0.2, 0) is 0 Å². The first-order valence-corrected chi connectivity index (χ1v) is 7.09. The fourth-order valence-electron chi connectivity index (χ4n) is 1.71. The summed E-state index contributed by atoms with van der Waals surface area (Å²) in [4.78, 5) is 12.0. The van der Waals surface area contributed by atoms with Gasteiger partial charge in [-0.1, -0.05) is 48.8 Å². The van der Waals surface area contributed by atoms with E-state index < -0.39 is 5.82 Å². The lowest BCUT2D eigenvalue weighted by Crippen LogP contribution is -2.44. The Labute approximate surface area is 116 Å². The normalized spacial score (nSPS) is 13.2. The van der Waals surface area contributed by atoms with Crippen LogP contribution in [0.1, 0.15) is 37.6 Å². The molecule has 0 radical (unpaired) electrons. The van der Waals surface area contributed by atoms with Crippen LogP contribution < -0.4 is 5.32 Å². The maximum atomic E-state index is 13.5. The number of halogens is 2. The zero-order valence-electron chi connectivity index (χ0n) is 11.0. The molecule has 1 atom stereocenters. The standard InChI is InChI=1S/C14H19BrFNO/c1-14(2,3)12(8-9-15)17-13(18)10-6-4-5-7-11(10)16/h4-7,12H,8-9H2,1-3H3,(H,17,18). The van der Waals surface area contributed by atoms with E-state index in [-0.39, 0.29) is 22.9 Å². The van der Waals surface area contributed by atoms with Crippen LogP contribution in [0.25, 0.3) is 0 Å². The number of nitrogens with one attached hydrogen (secondary N) is 1. The van der Waals surface area contributed by atoms with Crippen LogP contribution in [0.5, 0.6) is 0 Å². The monoisotopic (exact) mass is 315 g/mol. The van der Waals surface area contributed by atoms with E-state index in [1.54, 1.807) is 12.1 Å². The van der Waals surface area contributed by atoms with Crippen molar-refractivity contribution >= 4 is 21.8 Å². The van der Waals surface area contributed by atoms with E-state index in [1.165, 1.54) is 12.1 Å². The van der Waals surface area contributed by atoms with E-state index >= 15 is 0 Å². The molecule has 1 aromatic carbocycles. The van der Waals surface area contributed by atoms with Gasteiger partial charge in [0.1, 0.15) is 5.82 Å². The topological polar surface area (TPSA) is 29.1 Å². The Morgan fingerprint density at radius 2 is 2.00 bits per heavy atom. The first kappa shape index (κ1) is 15.2. The van der Waals surface area contributed by atoms with Crippen molar-refractivity contribution in [2.24, 2.45) is 5.41 Å². The number of rotatable bonds is 4. The minimum Gasteiger partial charge on any atom is -0.349 e. The van der Waals surface area contributed by atoms with Gasteiger partial charge in [0.05, 0.1) is 5.56 Å². The van der Waals surface area contributed by atoms with Crippen molar-refractivity contribution in [1.82, 2.24) is 5.32 Å². The number of hydrogen-bond donors (Lipinski definition) is 1. The summed E-state index contributed by atoms with van der Waals surface area (Å²) in [7, 11) is 0. The minimum absolute atomic E-state index is 0.00369. The molecule has 0 saturated heterocycles. The predicted octanol–water partition coefficient (Wildman–Crippen LogP) is 3.76. The molecule has 0 heterocycles. The minimum atomic E-state index is -0.485. The summed E-state index contributed by atoms with van der Waals surface area (Å²) in [5.41, 5.74) is 0.0376. The fraction of sp³-hybridized carbons (Fsp3) is 0.500. The van der Waals surface area contributed by atoms with E-state index in [0.717, 1.165) is 11.8 Å². The maximum absolute atomic E-state index is 13.5. The highest BCUT2D eigenvalue weighted by atomic mass is 79.9. The maximum Gasteiger partial charge on any atom is 0.254 e. The lowest BCUT2D eigenvalue weighted by atomic mass is 9.85. The quantitative estimate of drug-likeness (QED) is 0.842. The molecule has 0 aromatic heterocycles. The molecule has 0 fully saturated rings. The van der Waals surface area contributed by atoms with Crippen LogP contribution in [0.3, 0.4) is 0 Å². The van der Waals surface area contributed by atoms with E-state index in [9.17, 15) is 9.18 Å². The van der Waals surface area contributed by atoms with Crippen LogP contribution in [-0.4, -0.2) is 17.3 Å². The average Bonchev–Trinajstić information content (AvgIpc) is 2.27. The molecule has 0 spiro atoms. The molecular weight excluding hydrogens is 297 g/mol. The Kier molecular flexibility index (Phi) is 5.32. The molecule has 1 N–H and O–H groups in total. The van der Waals surface area contributed by atoms with Gasteiger partial charge in [-0.2, -0.15) is 0 Å². The molecule has 0 aliphatic heterocycles. The van der Waals surface area contributed by atoms with Gasteiger partial charge in [0.25, 0.3) is 5.91 Å². The molecule has 2 nitrogen and oxygen atoms in total.